The minimum absolute atomic E-state index is 0.442. The number of hydrogen-bond acceptors (Lipinski definition) is 2. The molecular formula is C15H32N2. The van der Waals surface area contributed by atoms with E-state index in [0.29, 0.717) is 11.5 Å². The van der Waals surface area contributed by atoms with Crippen LogP contribution in [0, 0.1) is 5.41 Å². The summed E-state index contributed by atoms with van der Waals surface area (Å²) in [7, 11) is 0. The van der Waals surface area contributed by atoms with Gasteiger partial charge >= 0.3 is 0 Å². The topological polar surface area (TPSA) is 15.3 Å². The lowest BCUT2D eigenvalue weighted by molar-refractivity contribution is 0.127. The van der Waals surface area contributed by atoms with Gasteiger partial charge in [0, 0.05) is 25.2 Å². The van der Waals surface area contributed by atoms with E-state index in [1.165, 1.54) is 45.3 Å². The zero-order valence-electron chi connectivity index (χ0n) is 12.6. The summed E-state index contributed by atoms with van der Waals surface area (Å²) in [6.07, 6.45) is 5.40. The molecule has 0 amide bonds. The van der Waals surface area contributed by atoms with Crippen LogP contribution >= 0.6 is 0 Å². The summed E-state index contributed by atoms with van der Waals surface area (Å²) in [5.41, 5.74) is 0.442. The maximum absolute atomic E-state index is 3.72. The van der Waals surface area contributed by atoms with Gasteiger partial charge in [-0.05, 0) is 45.1 Å². The van der Waals surface area contributed by atoms with E-state index in [1.54, 1.807) is 0 Å². The van der Waals surface area contributed by atoms with Crippen molar-refractivity contribution in [1.29, 1.82) is 0 Å². The van der Waals surface area contributed by atoms with E-state index < -0.39 is 0 Å². The molecule has 1 aliphatic carbocycles. The van der Waals surface area contributed by atoms with Gasteiger partial charge in [-0.15, -0.1) is 0 Å². The zero-order chi connectivity index (χ0) is 12.9. The van der Waals surface area contributed by atoms with Crippen molar-refractivity contribution in [3.8, 4) is 0 Å². The van der Waals surface area contributed by atoms with Gasteiger partial charge in [-0.25, -0.2) is 0 Å². The van der Waals surface area contributed by atoms with Crippen LogP contribution in [0.3, 0.4) is 0 Å². The summed E-state index contributed by atoms with van der Waals surface area (Å²) < 4.78 is 0. The quantitative estimate of drug-likeness (QED) is 0.665. The van der Waals surface area contributed by atoms with Crippen LogP contribution < -0.4 is 5.32 Å². The van der Waals surface area contributed by atoms with Crippen LogP contribution in [0.4, 0.5) is 0 Å². The maximum atomic E-state index is 3.72. The second-order valence-corrected chi connectivity index (χ2v) is 6.37. The van der Waals surface area contributed by atoms with Crippen LogP contribution in [0.2, 0.25) is 0 Å². The van der Waals surface area contributed by atoms with Gasteiger partial charge in [-0.1, -0.05) is 27.2 Å². The standard InChI is InChI=1S/C15H32N2/c1-6-10-15(5,11-16-14-8-9-14)12-17(7-2)13(3)4/h13-14,16H,6-12H2,1-5H3. The van der Waals surface area contributed by atoms with Crippen molar-refractivity contribution >= 4 is 0 Å². The van der Waals surface area contributed by atoms with Gasteiger partial charge in [0.1, 0.15) is 0 Å². The van der Waals surface area contributed by atoms with E-state index >= 15 is 0 Å². The molecule has 1 atom stereocenters. The van der Waals surface area contributed by atoms with E-state index in [4.69, 9.17) is 0 Å². The van der Waals surface area contributed by atoms with Crippen molar-refractivity contribution in [1.82, 2.24) is 10.2 Å². The summed E-state index contributed by atoms with van der Waals surface area (Å²) in [5.74, 6) is 0. The fraction of sp³-hybridized carbons (Fsp3) is 1.00. The molecule has 1 aliphatic rings. The Balaban J connectivity index is 2.47. The average Bonchev–Trinajstić information content (AvgIpc) is 3.07. The van der Waals surface area contributed by atoms with Gasteiger partial charge < -0.3 is 10.2 Å². The monoisotopic (exact) mass is 240 g/mol. The molecule has 0 saturated heterocycles. The first-order valence-electron chi connectivity index (χ1n) is 7.48. The number of rotatable bonds is 9. The minimum Gasteiger partial charge on any atom is -0.313 e. The number of nitrogens with zero attached hydrogens (tertiary/aromatic N) is 1. The van der Waals surface area contributed by atoms with Crippen LogP contribution in [-0.2, 0) is 0 Å². The summed E-state index contributed by atoms with van der Waals surface area (Å²) in [6.45, 7) is 15.2. The van der Waals surface area contributed by atoms with Crippen LogP contribution in [0.5, 0.6) is 0 Å². The molecule has 0 aromatic carbocycles. The molecule has 0 aliphatic heterocycles. The Labute approximate surface area is 108 Å². The fourth-order valence-corrected chi connectivity index (χ4v) is 2.65. The smallest absolute Gasteiger partial charge is 0.00684 e. The molecule has 2 nitrogen and oxygen atoms in total. The molecule has 102 valence electrons. The van der Waals surface area contributed by atoms with E-state index in [2.05, 4.69) is 44.8 Å². The highest BCUT2D eigenvalue weighted by molar-refractivity contribution is 4.87. The molecule has 0 aromatic rings. The molecule has 1 rings (SSSR count). The maximum Gasteiger partial charge on any atom is 0.00684 e. The van der Waals surface area contributed by atoms with E-state index in [0.717, 1.165) is 6.04 Å². The van der Waals surface area contributed by atoms with Crippen LogP contribution in [0.1, 0.15) is 60.3 Å². The lowest BCUT2D eigenvalue weighted by Gasteiger charge is -2.37. The molecule has 0 aromatic heterocycles. The van der Waals surface area contributed by atoms with Crippen LogP contribution in [-0.4, -0.2) is 36.6 Å². The van der Waals surface area contributed by atoms with Crippen molar-refractivity contribution in [3.63, 3.8) is 0 Å². The Morgan fingerprint density at radius 1 is 1.29 bits per heavy atom. The molecule has 0 spiro atoms. The van der Waals surface area contributed by atoms with E-state index in [1.807, 2.05) is 0 Å². The SMILES string of the molecule is CCCC(C)(CNC1CC1)CN(CC)C(C)C. The molecule has 0 bridgehead atoms. The van der Waals surface area contributed by atoms with Crippen LogP contribution in [0.25, 0.3) is 0 Å². The Hall–Kier alpha value is -0.0800. The third kappa shape index (κ3) is 5.39. The Bertz CT molecular complexity index is 211. The molecule has 0 heterocycles. The van der Waals surface area contributed by atoms with E-state index in [9.17, 15) is 0 Å². The highest BCUT2D eigenvalue weighted by Crippen LogP contribution is 2.27. The lowest BCUT2D eigenvalue weighted by atomic mass is 9.84. The molecule has 1 N–H and O–H groups in total. The molecule has 2 heteroatoms. The first kappa shape index (κ1) is 15.0. The van der Waals surface area contributed by atoms with Gasteiger partial charge in [-0.3, -0.25) is 0 Å². The normalized spacial score (nSPS) is 19.9. The molecule has 1 fully saturated rings. The number of hydrogen-bond donors (Lipinski definition) is 1. The first-order valence-corrected chi connectivity index (χ1v) is 7.48. The highest BCUT2D eigenvalue weighted by Gasteiger charge is 2.30. The molecule has 0 radical (unpaired) electrons. The van der Waals surface area contributed by atoms with Gasteiger partial charge in [0.05, 0.1) is 0 Å². The highest BCUT2D eigenvalue weighted by atomic mass is 15.2. The van der Waals surface area contributed by atoms with Crippen molar-refractivity contribution in [3.05, 3.63) is 0 Å². The fourth-order valence-electron chi connectivity index (χ4n) is 2.65. The van der Waals surface area contributed by atoms with Crippen molar-refractivity contribution in [2.75, 3.05) is 19.6 Å². The predicted octanol–water partition coefficient (Wildman–Crippen LogP) is 3.28. The zero-order valence-corrected chi connectivity index (χ0v) is 12.6. The molecule has 1 saturated carbocycles. The van der Waals surface area contributed by atoms with Crippen molar-refractivity contribution in [2.24, 2.45) is 5.41 Å². The predicted molar refractivity (Wildman–Crippen MR) is 76.4 cm³/mol. The van der Waals surface area contributed by atoms with Crippen molar-refractivity contribution < 1.29 is 0 Å². The number of nitrogens with one attached hydrogen (secondary N) is 1. The second-order valence-electron chi connectivity index (χ2n) is 6.37. The molecule has 1 unspecified atom stereocenters. The molecular weight excluding hydrogens is 208 g/mol. The Kier molecular flexibility index (Phi) is 5.94. The molecule has 17 heavy (non-hydrogen) atoms. The largest absolute Gasteiger partial charge is 0.313 e. The van der Waals surface area contributed by atoms with E-state index in [-0.39, 0.29) is 0 Å². The average molecular weight is 240 g/mol. The summed E-state index contributed by atoms with van der Waals surface area (Å²) in [4.78, 5) is 2.60. The first-order chi connectivity index (χ1) is 8.00. The third-order valence-corrected chi connectivity index (χ3v) is 3.97. The summed E-state index contributed by atoms with van der Waals surface area (Å²) >= 11 is 0. The van der Waals surface area contributed by atoms with Gasteiger partial charge in [0.15, 0.2) is 0 Å². The van der Waals surface area contributed by atoms with Crippen molar-refractivity contribution in [2.45, 2.75) is 72.4 Å². The summed E-state index contributed by atoms with van der Waals surface area (Å²) in [5, 5.41) is 3.72. The lowest BCUT2D eigenvalue weighted by Crippen LogP contribution is -2.45. The summed E-state index contributed by atoms with van der Waals surface area (Å²) in [6, 6.07) is 1.50. The van der Waals surface area contributed by atoms with Gasteiger partial charge in [0.25, 0.3) is 0 Å². The Morgan fingerprint density at radius 2 is 1.94 bits per heavy atom. The minimum atomic E-state index is 0.442. The Morgan fingerprint density at radius 3 is 2.35 bits per heavy atom. The second kappa shape index (κ2) is 6.75. The van der Waals surface area contributed by atoms with Crippen LogP contribution in [0.15, 0.2) is 0 Å². The van der Waals surface area contributed by atoms with Gasteiger partial charge in [-0.2, -0.15) is 0 Å². The van der Waals surface area contributed by atoms with Gasteiger partial charge in [0.2, 0.25) is 0 Å². The third-order valence-electron chi connectivity index (χ3n) is 3.97.